The van der Waals surface area contributed by atoms with Crippen LogP contribution >= 0.6 is 12.2 Å². The molecular formula is C14H19N3S. The first kappa shape index (κ1) is 11.9. The number of aryl methyl sites for hydroxylation is 1. The lowest BCUT2D eigenvalue weighted by Gasteiger charge is -2.18. The van der Waals surface area contributed by atoms with E-state index in [2.05, 4.69) is 41.4 Å². The second kappa shape index (κ2) is 3.92. The number of rotatable bonds is 1. The van der Waals surface area contributed by atoms with E-state index >= 15 is 0 Å². The predicted octanol–water partition coefficient (Wildman–Crippen LogP) is 4.15. The van der Waals surface area contributed by atoms with Gasteiger partial charge in [-0.05, 0) is 55.4 Å². The van der Waals surface area contributed by atoms with Gasteiger partial charge in [0.05, 0.1) is 5.52 Å². The molecule has 2 aromatic rings. The molecule has 2 aromatic heterocycles. The third-order valence-corrected chi connectivity index (χ3v) is 4.30. The van der Waals surface area contributed by atoms with E-state index in [0.717, 1.165) is 21.5 Å². The van der Waals surface area contributed by atoms with Crippen LogP contribution in [0.4, 0.5) is 0 Å². The molecule has 1 fully saturated rings. The third-order valence-electron chi connectivity index (χ3n) is 4.00. The number of imidazole rings is 1. The normalized spacial score (nSPS) is 22.7. The predicted molar refractivity (Wildman–Crippen MR) is 76.3 cm³/mol. The van der Waals surface area contributed by atoms with Crippen LogP contribution in [0.25, 0.3) is 11.2 Å². The number of nitrogens with zero attached hydrogens (tertiary/aromatic N) is 2. The monoisotopic (exact) mass is 261 g/mol. The van der Waals surface area contributed by atoms with E-state index in [1.165, 1.54) is 19.3 Å². The molecule has 18 heavy (non-hydrogen) atoms. The highest BCUT2D eigenvalue weighted by Gasteiger charge is 2.33. The summed E-state index contributed by atoms with van der Waals surface area (Å²) in [6, 6.07) is 2.62. The van der Waals surface area contributed by atoms with Crippen LogP contribution in [0.1, 0.15) is 44.7 Å². The molecule has 1 aliphatic rings. The van der Waals surface area contributed by atoms with Crippen molar-refractivity contribution in [1.82, 2.24) is 14.5 Å². The Balaban J connectivity index is 2.12. The number of aromatic amines is 1. The molecule has 0 aliphatic heterocycles. The fraction of sp³-hybridized carbons (Fsp3) is 0.571. The summed E-state index contributed by atoms with van der Waals surface area (Å²) in [7, 11) is 0. The molecular weight excluding hydrogens is 242 g/mol. The van der Waals surface area contributed by atoms with Gasteiger partial charge in [-0.1, -0.05) is 13.8 Å². The molecule has 1 aliphatic carbocycles. The number of aromatic nitrogens is 3. The lowest BCUT2D eigenvalue weighted by atomic mass is 9.92. The summed E-state index contributed by atoms with van der Waals surface area (Å²) in [5.74, 6) is 0. The first-order valence-electron chi connectivity index (χ1n) is 6.53. The first-order chi connectivity index (χ1) is 8.46. The Bertz CT molecular complexity index is 651. The number of fused-ring (bicyclic) bond motifs is 1. The number of hydrogen-bond donors (Lipinski definition) is 1. The Morgan fingerprint density at radius 1 is 1.50 bits per heavy atom. The fourth-order valence-electron chi connectivity index (χ4n) is 3.08. The summed E-state index contributed by atoms with van der Waals surface area (Å²) in [6.45, 7) is 6.73. The summed E-state index contributed by atoms with van der Waals surface area (Å²) >= 11 is 5.48. The number of H-pyrrole nitrogens is 1. The summed E-state index contributed by atoms with van der Waals surface area (Å²) in [6.07, 6.45) is 5.56. The van der Waals surface area contributed by atoms with Crippen LogP contribution in [0.15, 0.2) is 12.3 Å². The molecule has 0 saturated heterocycles. The summed E-state index contributed by atoms with van der Waals surface area (Å²) < 4.78 is 3.03. The second-order valence-corrected chi connectivity index (χ2v) is 6.63. The van der Waals surface area contributed by atoms with Gasteiger partial charge in [0.1, 0.15) is 0 Å². The van der Waals surface area contributed by atoms with Crippen LogP contribution in [-0.4, -0.2) is 14.5 Å². The lowest BCUT2D eigenvalue weighted by Crippen LogP contribution is -2.09. The van der Waals surface area contributed by atoms with E-state index in [-0.39, 0.29) is 0 Å². The van der Waals surface area contributed by atoms with Crippen molar-refractivity contribution in [3.05, 3.63) is 22.6 Å². The van der Waals surface area contributed by atoms with E-state index in [1.54, 1.807) is 0 Å². The fourth-order valence-corrected chi connectivity index (χ4v) is 3.42. The highest BCUT2D eigenvalue weighted by molar-refractivity contribution is 7.71. The van der Waals surface area contributed by atoms with E-state index < -0.39 is 0 Å². The molecule has 96 valence electrons. The van der Waals surface area contributed by atoms with Crippen LogP contribution in [0.2, 0.25) is 0 Å². The third kappa shape index (κ3) is 1.88. The summed E-state index contributed by atoms with van der Waals surface area (Å²) in [5.41, 5.74) is 3.66. The van der Waals surface area contributed by atoms with Crippen molar-refractivity contribution < 1.29 is 0 Å². The van der Waals surface area contributed by atoms with Crippen molar-refractivity contribution in [3.8, 4) is 0 Å². The zero-order chi connectivity index (χ0) is 12.9. The molecule has 1 N–H and O–H groups in total. The largest absolute Gasteiger partial charge is 0.329 e. The van der Waals surface area contributed by atoms with Crippen LogP contribution in [0.5, 0.6) is 0 Å². The molecule has 0 radical (unpaired) electrons. The Kier molecular flexibility index (Phi) is 2.59. The Hall–Kier alpha value is -1.16. The van der Waals surface area contributed by atoms with Gasteiger partial charge in [0.25, 0.3) is 0 Å². The quantitative estimate of drug-likeness (QED) is 0.782. The van der Waals surface area contributed by atoms with Gasteiger partial charge in [0.2, 0.25) is 0 Å². The summed E-state index contributed by atoms with van der Waals surface area (Å²) in [5, 5.41) is 0. The molecule has 2 heterocycles. The van der Waals surface area contributed by atoms with E-state index in [0.29, 0.717) is 11.5 Å². The van der Waals surface area contributed by atoms with Crippen LogP contribution < -0.4 is 0 Å². The van der Waals surface area contributed by atoms with Crippen molar-refractivity contribution >= 4 is 23.4 Å². The molecule has 0 amide bonds. The molecule has 3 rings (SSSR count). The minimum atomic E-state index is 0.424. The van der Waals surface area contributed by atoms with Crippen LogP contribution in [-0.2, 0) is 0 Å². The van der Waals surface area contributed by atoms with Crippen molar-refractivity contribution in [2.45, 2.75) is 46.1 Å². The molecule has 3 nitrogen and oxygen atoms in total. The van der Waals surface area contributed by atoms with Gasteiger partial charge in [0, 0.05) is 12.2 Å². The maximum absolute atomic E-state index is 5.48. The van der Waals surface area contributed by atoms with Gasteiger partial charge in [-0.2, -0.15) is 0 Å². The lowest BCUT2D eigenvalue weighted by molar-refractivity contribution is 0.359. The smallest absolute Gasteiger partial charge is 0.179 e. The second-order valence-electron chi connectivity index (χ2n) is 6.24. The number of hydrogen-bond acceptors (Lipinski definition) is 2. The zero-order valence-corrected chi connectivity index (χ0v) is 12.0. The van der Waals surface area contributed by atoms with Crippen molar-refractivity contribution in [2.24, 2.45) is 5.41 Å². The first-order valence-corrected chi connectivity index (χ1v) is 6.94. The van der Waals surface area contributed by atoms with Gasteiger partial charge in [-0.15, -0.1) is 0 Å². The molecule has 1 unspecified atom stereocenters. The maximum Gasteiger partial charge on any atom is 0.179 e. The van der Waals surface area contributed by atoms with Gasteiger partial charge >= 0.3 is 0 Å². The van der Waals surface area contributed by atoms with Crippen molar-refractivity contribution in [1.29, 1.82) is 0 Å². The van der Waals surface area contributed by atoms with Crippen LogP contribution in [0, 0.1) is 17.1 Å². The topological polar surface area (TPSA) is 33.6 Å². The molecule has 1 atom stereocenters. The maximum atomic E-state index is 5.48. The van der Waals surface area contributed by atoms with Gasteiger partial charge < -0.3 is 4.98 Å². The molecule has 0 aromatic carbocycles. The Morgan fingerprint density at radius 3 is 2.94 bits per heavy atom. The van der Waals surface area contributed by atoms with Crippen molar-refractivity contribution in [2.75, 3.05) is 0 Å². The average Bonchev–Trinajstić information content (AvgIpc) is 2.77. The highest BCUT2D eigenvalue weighted by atomic mass is 32.1. The average molecular weight is 261 g/mol. The minimum Gasteiger partial charge on any atom is -0.329 e. The minimum absolute atomic E-state index is 0.424. The van der Waals surface area contributed by atoms with Crippen LogP contribution in [0.3, 0.4) is 0 Å². The van der Waals surface area contributed by atoms with Gasteiger partial charge in [0.15, 0.2) is 10.4 Å². The van der Waals surface area contributed by atoms with Crippen molar-refractivity contribution in [3.63, 3.8) is 0 Å². The molecule has 0 spiro atoms. The van der Waals surface area contributed by atoms with Gasteiger partial charge in [-0.25, -0.2) is 4.98 Å². The summed E-state index contributed by atoms with van der Waals surface area (Å²) in [4.78, 5) is 7.85. The standard InChI is InChI=1S/C14H19N3S/c1-9-6-11-12(15-8-9)17(13(18)16-11)10-4-5-14(2,3)7-10/h6,8,10H,4-5,7H2,1-3H3,(H,16,18). The molecule has 1 saturated carbocycles. The Morgan fingerprint density at radius 2 is 2.28 bits per heavy atom. The number of pyridine rings is 1. The van der Waals surface area contributed by atoms with Gasteiger partial charge in [-0.3, -0.25) is 4.57 Å². The van der Waals surface area contributed by atoms with E-state index in [9.17, 15) is 0 Å². The SMILES string of the molecule is Cc1cnc2c(c1)[nH]c(=S)n2C1CCC(C)(C)C1. The number of nitrogens with one attached hydrogen (secondary N) is 1. The van der Waals surface area contributed by atoms with E-state index in [4.69, 9.17) is 12.2 Å². The molecule has 4 heteroatoms. The Labute approximate surface area is 112 Å². The molecule has 0 bridgehead atoms. The van der Waals surface area contributed by atoms with E-state index in [1.807, 2.05) is 6.20 Å². The highest BCUT2D eigenvalue weighted by Crippen LogP contribution is 2.44. The zero-order valence-electron chi connectivity index (χ0n) is 11.2.